The van der Waals surface area contributed by atoms with Crippen LogP contribution in [-0.4, -0.2) is 53.7 Å². The lowest BCUT2D eigenvalue weighted by atomic mass is 10.1. The number of benzene rings is 2. The number of anilines is 3. The number of nitrogens with one attached hydrogen (secondary N) is 2. The molecule has 0 saturated carbocycles. The molecule has 1 saturated heterocycles. The third-order valence-electron chi connectivity index (χ3n) is 5.86. The predicted octanol–water partition coefficient (Wildman–Crippen LogP) is 4.52. The molecule has 0 radical (unpaired) electrons. The SMILES string of the molecule is Cc1ccc(NC(=O)N2CCCC2C(=O)Nc2nnc(-c3ccc(N(C)C)cc3)s2)cc1C. The van der Waals surface area contributed by atoms with E-state index in [0.717, 1.165) is 39.5 Å². The molecule has 2 aromatic carbocycles. The van der Waals surface area contributed by atoms with E-state index in [9.17, 15) is 9.59 Å². The van der Waals surface area contributed by atoms with Gasteiger partial charge in [0.1, 0.15) is 11.0 Å². The van der Waals surface area contributed by atoms with Crippen LogP contribution in [0.2, 0.25) is 0 Å². The van der Waals surface area contributed by atoms with Crippen LogP contribution in [0.15, 0.2) is 42.5 Å². The van der Waals surface area contributed by atoms with Gasteiger partial charge in [0, 0.05) is 37.6 Å². The smallest absolute Gasteiger partial charge is 0.322 e. The summed E-state index contributed by atoms with van der Waals surface area (Å²) in [5.74, 6) is -0.242. The Morgan fingerprint density at radius 3 is 2.48 bits per heavy atom. The summed E-state index contributed by atoms with van der Waals surface area (Å²) in [6.07, 6.45) is 1.39. The molecule has 3 amide bonds. The van der Waals surface area contributed by atoms with Crippen LogP contribution in [-0.2, 0) is 4.79 Å². The van der Waals surface area contributed by atoms with E-state index >= 15 is 0 Å². The van der Waals surface area contributed by atoms with E-state index in [1.807, 2.05) is 75.3 Å². The van der Waals surface area contributed by atoms with Crippen LogP contribution in [0.25, 0.3) is 10.6 Å². The number of aryl methyl sites for hydroxylation is 2. The fraction of sp³-hybridized carbons (Fsp3) is 0.333. The fourth-order valence-electron chi connectivity index (χ4n) is 3.78. The highest BCUT2D eigenvalue weighted by molar-refractivity contribution is 7.18. The molecule has 0 spiro atoms. The highest BCUT2D eigenvalue weighted by Gasteiger charge is 2.34. The van der Waals surface area contributed by atoms with Gasteiger partial charge < -0.3 is 15.1 Å². The molecule has 33 heavy (non-hydrogen) atoms. The molecule has 1 atom stereocenters. The molecule has 1 aliphatic rings. The van der Waals surface area contributed by atoms with Gasteiger partial charge >= 0.3 is 6.03 Å². The highest BCUT2D eigenvalue weighted by Crippen LogP contribution is 2.29. The molecule has 3 aromatic rings. The van der Waals surface area contributed by atoms with Crippen molar-refractivity contribution in [1.82, 2.24) is 15.1 Å². The molecule has 1 aliphatic heterocycles. The van der Waals surface area contributed by atoms with Crippen molar-refractivity contribution in [3.63, 3.8) is 0 Å². The number of rotatable bonds is 5. The lowest BCUT2D eigenvalue weighted by molar-refractivity contribution is -0.119. The second-order valence-electron chi connectivity index (χ2n) is 8.42. The fourth-order valence-corrected chi connectivity index (χ4v) is 4.53. The summed E-state index contributed by atoms with van der Waals surface area (Å²) < 4.78 is 0. The van der Waals surface area contributed by atoms with E-state index in [0.29, 0.717) is 18.1 Å². The number of aromatic nitrogens is 2. The summed E-state index contributed by atoms with van der Waals surface area (Å²) in [5.41, 5.74) is 5.03. The Balaban J connectivity index is 1.40. The third-order valence-corrected chi connectivity index (χ3v) is 6.75. The van der Waals surface area contributed by atoms with Crippen molar-refractivity contribution >= 4 is 39.8 Å². The van der Waals surface area contributed by atoms with Gasteiger partial charge in [0.2, 0.25) is 11.0 Å². The van der Waals surface area contributed by atoms with Crippen molar-refractivity contribution < 1.29 is 9.59 Å². The number of hydrogen-bond acceptors (Lipinski definition) is 6. The summed E-state index contributed by atoms with van der Waals surface area (Å²) in [7, 11) is 3.98. The van der Waals surface area contributed by atoms with Crippen molar-refractivity contribution in [3.05, 3.63) is 53.6 Å². The molecule has 172 valence electrons. The van der Waals surface area contributed by atoms with E-state index in [4.69, 9.17) is 0 Å². The van der Waals surface area contributed by atoms with Crippen molar-refractivity contribution in [2.75, 3.05) is 36.2 Å². The zero-order chi connectivity index (χ0) is 23.5. The summed E-state index contributed by atoms with van der Waals surface area (Å²) in [5, 5.41) is 15.3. The monoisotopic (exact) mass is 464 g/mol. The first kappa shape index (κ1) is 22.7. The molecule has 0 aliphatic carbocycles. The van der Waals surface area contributed by atoms with Crippen LogP contribution in [0.3, 0.4) is 0 Å². The van der Waals surface area contributed by atoms with Gasteiger partial charge in [-0.3, -0.25) is 10.1 Å². The first-order valence-electron chi connectivity index (χ1n) is 10.9. The van der Waals surface area contributed by atoms with Crippen molar-refractivity contribution in [2.24, 2.45) is 0 Å². The molecule has 0 bridgehead atoms. The highest BCUT2D eigenvalue weighted by atomic mass is 32.1. The van der Waals surface area contributed by atoms with E-state index in [-0.39, 0.29) is 11.9 Å². The van der Waals surface area contributed by atoms with Gasteiger partial charge in [-0.25, -0.2) is 4.79 Å². The Kier molecular flexibility index (Phi) is 6.60. The molecule has 1 unspecified atom stereocenters. The van der Waals surface area contributed by atoms with E-state index in [1.54, 1.807) is 4.90 Å². The Morgan fingerprint density at radius 1 is 1.03 bits per heavy atom. The first-order chi connectivity index (χ1) is 15.8. The van der Waals surface area contributed by atoms with Crippen LogP contribution in [0, 0.1) is 13.8 Å². The van der Waals surface area contributed by atoms with E-state index < -0.39 is 6.04 Å². The van der Waals surface area contributed by atoms with Gasteiger partial charge in [-0.15, -0.1) is 10.2 Å². The summed E-state index contributed by atoms with van der Waals surface area (Å²) >= 11 is 1.32. The van der Waals surface area contributed by atoms with Crippen LogP contribution in [0.5, 0.6) is 0 Å². The molecule has 2 heterocycles. The Bertz CT molecular complexity index is 1160. The standard InChI is InChI=1S/C24H28N6O2S/c1-15-7-10-18(14-16(15)2)25-24(32)30-13-5-6-20(30)21(31)26-23-28-27-22(33-23)17-8-11-19(12-9-17)29(3)4/h7-12,14,20H,5-6,13H2,1-4H3,(H,25,32)(H,26,28,31). The van der Waals surface area contributed by atoms with Crippen LogP contribution < -0.4 is 15.5 Å². The zero-order valence-electron chi connectivity index (χ0n) is 19.3. The maximum Gasteiger partial charge on any atom is 0.322 e. The summed E-state index contributed by atoms with van der Waals surface area (Å²) in [4.78, 5) is 29.4. The minimum atomic E-state index is -0.539. The van der Waals surface area contributed by atoms with Crippen molar-refractivity contribution in [2.45, 2.75) is 32.7 Å². The molecule has 2 N–H and O–H groups in total. The minimum Gasteiger partial charge on any atom is -0.378 e. The number of hydrogen-bond donors (Lipinski definition) is 2. The van der Waals surface area contributed by atoms with Gasteiger partial charge in [-0.05, 0) is 74.2 Å². The Labute approximate surface area is 197 Å². The lowest BCUT2D eigenvalue weighted by Crippen LogP contribution is -2.45. The number of carbonyl (C=O) groups excluding carboxylic acids is 2. The van der Waals surface area contributed by atoms with E-state index in [1.165, 1.54) is 11.3 Å². The molecule has 1 fully saturated rings. The Hall–Kier alpha value is -3.46. The van der Waals surface area contributed by atoms with Crippen LogP contribution in [0.4, 0.5) is 21.3 Å². The quantitative estimate of drug-likeness (QED) is 0.579. The largest absolute Gasteiger partial charge is 0.378 e. The second kappa shape index (κ2) is 9.58. The maximum atomic E-state index is 12.9. The maximum absolute atomic E-state index is 12.9. The number of likely N-dealkylation sites (tertiary alicyclic amines) is 1. The molecular weight excluding hydrogens is 436 g/mol. The normalized spacial score (nSPS) is 15.4. The second-order valence-corrected chi connectivity index (χ2v) is 9.40. The van der Waals surface area contributed by atoms with Gasteiger partial charge in [0.25, 0.3) is 0 Å². The van der Waals surface area contributed by atoms with Crippen molar-refractivity contribution in [1.29, 1.82) is 0 Å². The average Bonchev–Trinajstić information content (AvgIpc) is 3.46. The van der Waals surface area contributed by atoms with Crippen LogP contribution in [0.1, 0.15) is 24.0 Å². The van der Waals surface area contributed by atoms with Crippen molar-refractivity contribution in [3.8, 4) is 10.6 Å². The zero-order valence-corrected chi connectivity index (χ0v) is 20.1. The van der Waals surface area contributed by atoms with Crippen LogP contribution >= 0.6 is 11.3 Å². The number of carbonyl (C=O) groups is 2. The average molecular weight is 465 g/mol. The molecular formula is C24H28N6O2S. The number of nitrogens with zero attached hydrogens (tertiary/aromatic N) is 4. The molecule has 1 aromatic heterocycles. The van der Waals surface area contributed by atoms with E-state index in [2.05, 4.69) is 20.8 Å². The summed E-state index contributed by atoms with van der Waals surface area (Å²) in [6, 6.07) is 13.0. The van der Waals surface area contributed by atoms with Gasteiger partial charge in [0.05, 0.1) is 0 Å². The lowest BCUT2D eigenvalue weighted by Gasteiger charge is -2.24. The number of urea groups is 1. The predicted molar refractivity (Wildman–Crippen MR) is 133 cm³/mol. The minimum absolute atomic E-state index is 0.242. The number of amides is 3. The topological polar surface area (TPSA) is 90.5 Å². The van der Waals surface area contributed by atoms with Gasteiger partial charge in [-0.1, -0.05) is 17.4 Å². The third kappa shape index (κ3) is 5.14. The van der Waals surface area contributed by atoms with Gasteiger partial charge in [0.15, 0.2) is 0 Å². The molecule has 9 heteroatoms. The summed E-state index contributed by atoms with van der Waals surface area (Å²) in [6.45, 7) is 4.57. The molecule has 8 nitrogen and oxygen atoms in total. The first-order valence-corrected chi connectivity index (χ1v) is 11.7. The van der Waals surface area contributed by atoms with Gasteiger partial charge in [-0.2, -0.15) is 0 Å². The molecule has 4 rings (SSSR count). The Morgan fingerprint density at radius 2 is 1.79 bits per heavy atom.